The summed E-state index contributed by atoms with van der Waals surface area (Å²) in [5, 5.41) is 8.19. The molecule has 0 radical (unpaired) electrons. The van der Waals surface area contributed by atoms with Gasteiger partial charge in [-0.05, 0) is 91.3 Å². The van der Waals surface area contributed by atoms with Crippen molar-refractivity contribution in [2.24, 2.45) is 0 Å². The highest BCUT2D eigenvalue weighted by molar-refractivity contribution is 6.16. The third-order valence-corrected chi connectivity index (χ3v) is 9.93. The van der Waals surface area contributed by atoms with Gasteiger partial charge in [0.1, 0.15) is 0 Å². The second-order valence-corrected chi connectivity index (χ2v) is 12.8. The molecule has 0 aliphatic carbocycles. The zero-order chi connectivity index (χ0) is 33.0. The van der Waals surface area contributed by atoms with Crippen molar-refractivity contribution in [3.63, 3.8) is 0 Å². The van der Waals surface area contributed by atoms with Crippen LogP contribution in [0.25, 0.3) is 98.9 Å². The Morgan fingerprint density at radius 3 is 1.84 bits per heavy atom. The topological polar surface area (TPSA) is 38.7 Å². The molecule has 0 N–H and O–H groups in total. The smallest absolute Gasteiger partial charge is 0.0970 e. The van der Waals surface area contributed by atoms with Gasteiger partial charge >= 0.3 is 0 Å². The molecule has 0 fully saturated rings. The van der Waals surface area contributed by atoms with Gasteiger partial charge in [0.15, 0.2) is 0 Å². The molecule has 3 nitrogen and oxygen atoms in total. The molecule has 0 spiro atoms. The van der Waals surface area contributed by atoms with Crippen LogP contribution in [0, 0.1) is 0 Å². The first-order valence-electron chi connectivity index (χ1n) is 16.9. The number of benzene rings is 7. The molecule has 10 rings (SSSR count). The van der Waals surface area contributed by atoms with Gasteiger partial charge in [0, 0.05) is 34.1 Å². The fourth-order valence-corrected chi connectivity index (χ4v) is 7.63. The Kier molecular flexibility index (Phi) is 6.49. The predicted molar refractivity (Wildman–Crippen MR) is 209 cm³/mol. The Bertz CT molecular complexity index is 2930. The van der Waals surface area contributed by atoms with E-state index in [2.05, 4.69) is 157 Å². The molecule has 50 heavy (non-hydrogen) atoms. The van der Waals surface area contributed by atoms with Crippen LogP contribution in [0.3, 0.4) is 0 Å². The maximum absolute atomic E-state index is 5.17. The summed E-state index contributed by atoms with van der Waals surface area (Å²) in [6.45, 7) is 0. The molecule has 3 heterocycles. The third-order valence-electron chi connectivity index (χ3n) is 9.93. The second-order valence-electron chi connectivity index (χ2n) is 12.8. The summed E-state index contributed by atoms with van der Waals surface area (Å²) in [7, 11) is 0. The van der Waals surface area contributed by atoms with Crippen molar-refractivity contribution in [3.8, 4) is 44.6 Å². The zero-order valence-corrected chi connectivity index (χ0v) is 27.1. The molecule has 0 saturated carbocycles. The third kappa shape index (κ3) is 4.56. The standard InChI is InChI=1S/C47H29N3/c1-2-12-31(13-3-1)44-29-41(45-36-17-5-4-11-30(36)21-24-43(45)50-44)33-15-8-14-32(27-33)35-22-23-39(38-19-7-6-18-37(35)38)42-28-34-16-9-25-48-46(34)47-40(42)20-10-26-49-47/h1-29H. The molecular weight excluding hydrogens is 607 g/mol. The first kappa shape index (κ1) is 28.3. The van der Waals surface area contributed by atoms with E-state index in [0.717, 1.165) is 49.7 Å². The van der Waals surface area contributed by atoms with Crippen molar-refractivity contribution in [3.05, 3.63) is 176 Å². The van der Waals surface area contributed by atoms with Crippen molar-refractivity contribution in [1.82, 2.24) is 15.0 Å². The van der Waals surface area contributed by atoms with Crippen LogP contribution >= 0.6 is 0 Å². The van der Waals surface area contributed by atoms with Crippen LogP contribution < -0.4 is 0 Å². The van der Waals surface area contributed by atoms with E-state index in [-0.39, 0.29) is 0 Å². The molecule has 10 aromatic rings. The number of nitrogens with zero attached hydrogens (tertiary/aromatic N) is 3. The maximum atomic E-state index is 5.17. The quantitative estimate of drug-likeness (QED) is 0.181. The molecule has 3 heteroatoms. The first-order chi connectivity index (χ1) is 24.8. The van der Waals surface area contributed by atoms with Gasteiger partial charge in [-0.25, -0.2) is 4.98 Å². The van der Waals surface area contributed by atoms with Crippen molar-refractivity contribution < 1.29 is 0 Å². The van der Waals surface area contributed by atoms with Crippen LogP contribution in [0.5, 0.6) is 0 Å². The molecule has 0 aliphatic heterocycles. The molecule has 0 atom stereocenters. The fraction of sp³-hybridized carbons (Fsp3) is 0. The summed E-state index contributed by atoms with van der Waals surface area (Å²) < 4.78 is 0. The van der Waals surface area contributed by atoms with Crippen molar-refractivity contribution in [2.75, 3.05) is 0 Å². The van der Waals surface area contributed by atoms with Crippen molar-refractivity contribution in [2.45, 2.75) is 0 Å². The molecule has 0 bridgehead atoms. The average Bonchev–Trinajstić information content (AvgIpc) is 3.20. The molecule has 232 valence electrons. The minimum atomic E-state index is 0.924. The molecule has 7 aromatic carbocycles. The summed E-state index contributed by atoms with van der Waals surface area (Å²) in [6.07, 6.45) is 3.69. The number of hydrogen-bond donors (Lipinski definition) is 0. The van der Waals surface area contributed by atoms with Crippen molar-refractivity contribution >= 4 is 54.3 Å². The molecule has 0 aliphatic rings. The van der Waals surface area contributed by atoms with Gasteiger partial charge < -0.3 is 0 Å². The van der Waals surface area contributed by atoms with E-state index in [4.69, 9.17) is 9.97 Å². The number of pyridine rings is 3. The largest absolute Gasteiger partial charge is 0.254 e. The van der Waals surface area contributed by atoms with Crippen LogP contribution in [0.15, 0.2) is 176 Å². The van der Waals surface area contributed by atoms with E-state index in [0.29, 0.717) is 0 Å². The van der Waals surface area contributed by atoms with Crippen LogP contribution in [0.4, 0.5) is 0 Å². The Morgan fingerprint density at radius 1 is 0.340 bits per heavy atom. The lowest BCUT2D eigenvalue weighted by Gasteiger charge is -2.16. The lowest BCUT2D eigenvalue weighted by molar-refractivity contribution is 1.37. The van der Waals surface area contributed by atoms with Crippen LogP contribution in [-0.4, -0.2) is 15.0 Å². The Labute approximate surface area is 289 Å². The predicted octanol–water partition coefficient (Wildman–Crippen LogP) is 12.3. The van der Waals surface area contributed by atoms with Gasteiger partial charge in [-0.1, -0.05) is 127 Å². The van der Waals surface area contributed by atoms with E-state index in [1.165, 1.54) is 49.2 Å². The lowest BCUT2D eigenvalue weighted by Crippen LogP contribution is -1.92. The van der Waals surface area contributed by atoms with Crippen molar-refractivity contribution in [1.29, 1.82) is 0 Å². The van der Waals surface area contributed by atoms with Gasteiger partial charge in [-0.2, -0.15) is 0 Å². The van der Waals surface area contributed by atoms with Gasteiger partial charge in [0.25, 0.3) is 0 Å². The summed E-state index contributed by atoms with van der Waals surface area (Å²) in [6, 6.07) is 58.5. The van der Waals surface area contributed by atoms with E-state index in [9.17, 15) is 0 Å². The SMILES string of the molecule is c1ccc(-c2cc(-c3cccc(-c4ccc(-c5cc6cccnc6c6ncccc56)c5ccccc45)c3)c3c(ccc4ccccc43)n2)cc1. The highest BCUT2D eigenvalue weighted by atomic mass is 14.7. The van der Waals surface area contributed by atoms with E-state index in [1.54, 1.807) is 0 Å². The minimum Gasteiger partial charge on any atom is -0.254 e. The molecule has 0 unspecified atom stereocenters. The average molecular weight is 636 g/mol. The van der Waals surface area contributed by atoms with E-state index < -0.39 is 0 Å². The summed E-state index contributed by atoms with van der Waals surface area (Å²) in [5.74, 6) is 0. The molecule has 0 saturated heterocycles. The van der Waals surface area contributed by atoms with Crippen LogP contribution in [0.2, 0.25) is 0 Å². The fourth-order valence-electron chi connectivity index (χ4n) is 7.63. The highest BCUT2D eigenvalue weighted by Crippen LogP contribution is 2.42. The normalized spacial score (nSPS) is 11.6. The van der Waals surface area contributed by atoms with E-state index >= 15 is 0 Å². The molecular formula is C47H29N3. The highest BCUT2D eigenvalue weighted by Gasteiger charge is 2.17. The summed E-state index contributed by atoms with van der Waals surface area (Å²) in [4.78, 5) is 14.6. The monoisotopic (exact) mass is 635 g/mol. The second kappa shape index (κ2) is 11.5. The Morgan fingerprint density at radius 2 is 0.980 bits per heavy atom. The number of fused-ring (bicyclic) bond motifs is 7. The Balaban J connectivity index is 1.19. The number of rotatable bonds is 4. The number of hydrogen-bond acceptors (Lipinski definition) is 3. The zero-order valence-electron chi connectivity index (χ0n) is 27.1. The van der Waals surface area contributed by atoms with Gasteiger partial charge in [0.2, 0.25) is 0 Å². The maximum Gasteiger partial charge on any atom is 0.0970 e. The lowest BCUT2D eigenvalue weighted by atomic mass is 9.88. The molecule has 0 amide bonds. The van der Waals surface area contributed by atoms with E-state index in [1.807, 2.05) is 24.5 Å². The van der Waals surface area contributed by atoms with Gasteiger partial charge in [-0.15, -0.1) is 0 Å². The van der Waals surface area contributed by atoms with Crippen LogP contribution in [0.1, 0.15) is 0 Å². The molecule has 3 aromatic heterocycles. The summed E-state index contributed by atoms with van der Waals surface area (Å²) >= 11 is 0. The van der Waals surface area contributed by atoms with Gasteiger partial charge in [0.05, 0.1) is 22.2 Å². The number of aromatic nitrogens is 3. The minimum absolute atomic E-state index is 0.924. The van der Waals surface area contributed by atoms with Crippen LogP contribution in [-0.2, 0) is 0 Å². The summed E-state index contributed by atoms with van der Waals surface area (Å²) in [5.41, 5.74) is 12.0. The van der Waals surface area contributed by atoms with Gasteiger partial charge in [-0.3, -0.25) is 9.97 Å². The first-order valence-corrected chi connectivity index (χ1v) is 16.9. The Hall–Kier alpha value is -6.71.